The van der Waals surface area contributed by atoms with E-state index in [1.807, 2.05) is 6.08 Å². The molecule has 0 spiro atoms. The minimum absolute atomic E-state index is 0. The van der Waals surface area contributed by atoms with Crippen molar-refractivity contribution in [1.29, 1.82) is 0 Å². The Kier molecular flexibility index (Phi) is 30.3. The van der Waals surface area contributed by atoms with Crippen LogP contribution in [-0.4, -0.2) is 67.1 Å². The number of rotatable bonds is 22. The third kappa shape index (κ3) is 20.2. The molecule has 1 N–H and O–H groups in total. The zero-order chi connectivity index (χ0) is 24.2. The van der Waals surface area contributed by atoms with Crippen molar-refractivity contribution in [3.05, 3.63) is 12.2 Å². The summed E-state index contributed by atoms with van der Waals surface area (Å²) in [5.41, 5.74) is 0. The predicted molar refractivity (Wildman–Crippen MR) is 129 cm³/mol. The van der Waals surface area contributed by atoms with Gasteiger partial charge in [0.05, 0.1) is 31.7 Å². The number of carboxylic acid groups (broad SMARTS) is 2. The summed E-state index contributed by atoms with van der Waals surface area (Å²) >= 11 is 0. The van der Waals surface area contributed by atoms with Gasteiger partial charge < -0.3 is 30.0 Å². The molecule has 0 aliphatic carbocycles. The van der Waals surface area contributed by atoms with E-state index in [-0.39, 0.29) is 82.2 Å². The van der Waals surface area contributed by atoms with Gasteiger partial charge in [-0.05, 0) is 12.8 Å². The van der Waals surface area contributed by atoms with Gasteiger partial charge in [-0.2, -0.15) is 0 Å². The van der Waals surface area contributed by atoms with E-state index in [1.54, 1.807) is 0 Å². The molecule has 0 fully saturated rings. The van der Waals surface area contributed by atoms with Crippen LogP contribution in [0.15, 0.2) is 17.1 Å². The molecule has 0 bridgehead atoms. The van der Waals surface area contributed by atoms with Gasteiger partial charge in [-0.15, -0.1) is 0 Å². The molecule has 1 atom stereocenters. The van der Waals surface area contributed by atoms with E-state index in [1.165, 1.54) is 77.0 Å². The Morgan fingerprint density at radius 2 is 1.42 bits per heavy atom. The van der Waals surface area contributed by atoms with Crippen LogP contribution in [0.3, 0.4) is 0 Å². The third-order valence-electron chi connectivity index (χ3n) is 6.34. The fourth-order valence-corrected chi connectivity index (χ4v) is 4.41. The molecule has 0 aromatic carbocycles. The average Bonchev–Trinajstić information content (AvgIpc) is 3.15. The molecule has 0 aromatic rings. The normalized spacial score (nSPS) is 16.6. The Hall–Kier alpha value is 0.230. The number of ether oxygens (including phenoxy) is 1. The maximum absolute atomic E-state index is 11.3. The molecule has 0 radical (unpaired) electrons. The molecule has 0 aromatic heterocycles. The Morgan fingerprint density at radius 1 is 0.889 bits per heavy atom. The minimum atomic E-state index is -1.28. The number of allylic oxidation sites excluding steroid dienone is 1. The fourth-order valence-electron chi connectivity index (χ4n) is 4.41. The minimum Gasteiger partial charge on any atom is -0.870 e. The van der Waals surface area contributed by atoms with E-state index < -0.39 is 18.5 Å². The number of carbonyl (C=O) groups excluding carboxylic acids is 2. The van der Waals surface area contributed by atoms with E-state index in [0.29, 0.717) is 25.5 Å². The van der Waals surface area contributed by atoms with Crippen LogP contribution in [0.1, 0.15) is 96.8 Å². The summed E-state index contributed by atoms with van der Waals surface area (Å²) < 4.78 is 5.22. The summed E-state index contributed by atoms with van der Waals surface area (Å²) in [6.07, 6.45) is 22.2. The zero-order valence-electron chi connectivity index (χ0n) is 23.2. The molecule has 1 aliphatic heterocycles. The number of carboxylic acids is 2. The van der Waals surface area contributed by atoms with Crippen LogP contribution in [0.5, 0.6) is 0 Å². The van der Waals surface area contributed by atoms with Gasteiger partial charge in [-0.3, -0.25) is 4.48 Å². The van der Waals surface area contributed by atoms with E-state index in [4.69, 9.17) is 4.74 Å². The molecule has 1 rings (SSSR count). The second kappa shape index (κ2) is 26.8. The Bertz CT molecular complexity index is 619. The molecule has 1 unspecified atom stereocenters. The first-order valence-electron chi connectivity index (χ1n) is 13.1. The van der Waals surface area contributed by atoms with Gasteiger partial charge in [0.2, 0.25) is 5.84 Å². The van der Waals surface area contributed by atoms with Gasteiger partial charge in [0, 0.05) is 6.08 Å². The van der Waals surface area contributed by atoms with Crippen LogP contribution in [0, 0.1) is 0 Å². The topological polar surface area (TPSA) is 132 Å². The first kappa shape index (κ1) is 40.7. The van der Waals surface area contributed by atoms with Crippen LogP contribution >= 0.6 is 0 Å². The maximum Gasteiger partial charge on any atom is 1.00 e. The summed E-state index contributed by atoms with van der Waals surface area (Å²) in [5, 5.41) is 21.8. The number of unbranched alkanes of at least 4 members (excludes halogenated alkanes) is 13. The molecular weight excluding hydrogens is 482 g/mol. The number of carbonyl (C=O) groups is 2. The SMILES string of the molecule is CCCCCCCCCCCCCCC/C=C/C1=NCC[N+]1(CCOCC(=O)[O-])CC(=O)[O-].[Na+].[Na+].[OH-]. The summed E-state index contributed by atoms with van der Waals surface area (Å²) in [4.78, 5) is 26.3. The molecule has 1 heterocycles. The quantitative estimate of drug-likeness (QED) is 0.0818. The van der Waals surface area contributed by atoms with Crippen molar-refractivity contribution in [2.75, 3.05) is 39.4 Å². The molecule has 8 nitrogen and oxygen atoms in total. The Balaban J connectivity index is -0.00000363. The Morgan fingerprint density at radius 3 is 1.92 bits per heavy atom. The number of nitrogens with zero attached hydrogens (tertiary/aromatic N) is 2. The van der Waals surface area contributed by atoms with Crippen LogP contribution in [0.2, 0.25) is 0 Å². The largest absolute Gasteiger partial charge is 1.00 e. The van der Waals surface area contributed by atoms with Crippen molar-refractivity contribution in [2.45, 2.75) is 96.8 Å². The second-order valence-electron chi connectivity index (χ2n) is 9.22. The molecule has 198 valence electrons. The van der Waals surface area contributed by atoms with Crippen molar-refractivity contribution < 1.29 is 93.6 Å². The van der Waals surface area contributed by atoms with Crippen molar-refractivity contribution in [1.82, 2.24) is 0 Å². The van der Waals surface area contributed by atoms with Crippen LogP contribution in [0.25, 0.3) is 0 Å². The van der Waals surface area contributed by atoms with E-state index >= 15 is 0 Å². The number of aliphatic imine (C=N–C) groups is 1. The summed E-state index contributed by atoms with van der Waals surface area (Å²) in [7, 11) is 0. The number of hydrogen-bond acceptors (Lipinski definition) is 7. The number of aliphatic carboxylic acids is 2. The van der Waals surface area contributed by atoms with Crippen LogP contribution in [0.4, 0.5) is 0 Å². The molecule has 10 heteroatoms. The van der Waals surface area contributed by atoms with Gasteiger partial charge in [0.1, 0.15) is 19.6 Å². The van der Waals surface area contributed by atoms with Crippen LogP contribution in [-0.2, 0) is 14.3 Å². The number of amidine groups is 1. The first-order chi connectivity index (χ1) is 16.0. The van der Waals surface area contributed by atoms with Gasteiger partial charge >= 0.3 is 59.1 Å². The third-order valence-corrected chi connectivity index (χ3v) is 6.34. The molecule has 0 amide bonds. The summed E-state index contributed by atoms with van der Waals surface area (Å²) in [6, 6.07) is 0. The van der Waals surface area contributed by atoms with E-state index in [2.05, 4.69) is 18.0 Å². The summed E-state index contributed by atoms with van der Waals surface area (Å²) in [5.74, 6) is -1.71. The smallest absolute Gasteiger partial charge is 0.870 e. The van der Waals surface area contributed by atoms with Gasteiger partial charge in [-0.1, -0.05) is 90.0 Å². The molecule has 0 saturated carbocycles. The standard InChI is InChI=1S/C26H46N2O5.2Na.H2O/c1-2-3-4-5-6-7-8-9-10-11-12-13-14-15-16-17-24-27-18-19-28(24,22-25(29)30)20-21-33-23-26(31)32;;;/h16-17H,2-15,18-23H2,1H3,(H-,29,30,31,32);;;1H2/q;2*+1;/p-2/b17-16+;;;. The predicted octanol–water partition coefficient (Wildman–Crippen LogP) is -3.40. The van der Waals surface area contributed by atoms with Gasteiger partial charge in [0.15, 0.2) is 0 Å². The van der Waals surface area contributed by atoms with Crippen molar-refractivity contribution in [3.63, 3.8) is 0 Å². The van der Waals surface area contributed by atoms with Crippen molar-refractivity contribution in [3.8, 4) is 0 Å². The monoisotopic (exact) mass is 528 g/mol. The molecular formula is C26H46N2Na2O6. The molecule has 0 saturated heterocycles. The van der Waals surface area contributed by atoms with Crippen LogP contribution < -0.4 is 69.3 Å². The van der Waals surface area contributed by atoms with E-state index in [9.17, 15) is 19.8 Å². The molecule has 1 aliphatic rings. The van der Waals surface area contributed by atoms with Crippen molar-refractivity contribution >= 4 is 17.8 Å². The van der Waals surface area contributed by atoms with Crippen molar-refractivity contribution in [2.24, 2.45) is 4.99 Å². The van der Waals surface area contributed by atoms with E-state index in [0.717, 1.165) is 12.8 Å². The number of quaternary nitrogens is 1. The second-order valence-corrected chi connectivity index (χ2v) is 9.22. The summed E-state index contributed by atoms with van der Waals surface area (Å²) in [6.45, 7) is 3.17. The first-order valence-corrected chi connectivity index (χ1v) is 13.1. The van der Waals surface area contributed by atoms with Gasteiger partial charge in [0.25, 0.3) is 0 Å². The average molecular weight is 529 g/mol. The van der Waals surface area contributed by atoms with Gasteiger partial charge in [-0.25, -0.2) is 4.99 Å². The zero-order valence-corrected chi connectivity index (χ0v) is 27.2. The Labute approximate surface area is 262 Å². The maximum atomic E-state index is 11.3. The number of hydrogen-bond donors (Lipinski definition) is 0. The molecule has 36 heavy (non-hydrogen) atoms. The fraction of sp³-hybridized carbons (Fsp3) is 0.808.